The first-order valence-corrected chi connectivity index (χ1v) is 7.91. The van der Waals surface area contributed by atoms with Crippen LogP contribution in [-0.4, -0.2) is 24.6 Å². The molecule has 0 aliphatic heterocycles. The fourth-order valence-corrected chi connectivity index (χ4v) is 3.20. The molecule has 1 aromatic carbocycles. The van der Waals surface area contributed by atoms with Crippen molar-refractivity contribution in [3.63, 3.8) is 0 Å². The van der Waals surface area contributed by atoms with E-state index < -0.39 is 0 Å². The molecule has 2 N–H and O–H groups in total. The lowest BCUT2D eigenvalue weighted by atomic mass is 10.1. The molecule has 2 amide bonds. The second-order valence-electron chi connectivity index (χ2n) is 5.15. The van der Waals surface area contributed by atoms with Crippen LogP contribution in [0.25, 0.3) is 0 Å². The van der Waals surface area contributed by atoms with Crippen molar-refractivity contribution in [1.29, 1.82) is 0 Å². The number of carbonyl (C=O) groups is 3. The van der Waals surface area contributed by atoms with E-state index in [2.05, 4.69) is 10.6 Å². The van der Waals surface area contributed by atoms with Gasteiger partial charge in [-0.15, -0.1) is 11.3 Å². The molecule has 0 saturated heterocycles. The van der Waals surface area contributed by atoms with Crippen LogP contribution < -0.4 is 10.6 Å². The Hall–Kier alpha value is -2.47. The van der Waals surface area contributed by atoms with Crippen molar-refractivity contribution in [3.05, 3.63) is 51.4 Å². The zero-order valence-electron chi connectivity index (χ0n) is 13.4. The highest BCUT2D eigenvalue weighted by atomic mass is 32.1. The number of amides is 2. The Bertz CT molecular complexity index is 776. The van der Waals surface area contributed by atoms with E-state index in [1.54, 1.807) is 31.3 Å². The molecule has 1 heterocycles. The van der Waals surface area contributed by atoms with E-state index in [1.807, 2.05) is 13.8 Å². The van der Waals surface area contributed by atoms with E-state index in [0.29, 0.717) is 21.7 Å². The van der Waals surface area contributed by atoms with E-state index >= 15 is 0 Å². The number of hydrogen-bond donors (Lipinski definition) is 2. The highest BCUT2D eigenvalue weighted by Gasteiger charge is 2.20. The third-order valence-corrected chi connectivity index (χ3v) is 4.74. The Morgan fingerprint density at radius 2 is 1.52 bits per heavy atom. The largest absolute Gasteiger partial charge is 0.355 e. The molecule has 0 spiro atoms. The summed E-state index contributed by atoms with van der Waals surface area (Å²) in [6.07, 6.45) is 0. The summed E-state index contributed by atoms with van der Waals surface area (Å²) in [6, 6.07) is 6.42. The molecule has 0 saturated carbocycles. The van der Waals surface area contributed by atoms with Crippen molar-refractivity contribution in [1.82, 2.24) is 5.32 Å². The summed E-state index contributed by atoms with van der Waals surface area (Å²) in [4.78, 5) is 36.6. The van der Waals surface area contributed by atoms with E-state index in [-0.39, 0.29) is 17.6 Å². The van der Waals surface area contributed by atoms with Crippen LogP contribution in [0.2, 0.25) is 0 Å². The molecule has 0 aliphatic rings. The molecule has 0 radical (unpaired) electrons. The minimum Gasteiger partial charge on any atom is -0.355 e. The molecular weight excluding hydrogens is 312 g/mol. The monoisotopic (exact) mass is 330 g/mol. The Labute approximate surface area is 138 Å². The third-order valence-electron chi connectivity index (χ3n) is 3.62. The summed E-state index contributed by atoms with van der Waals surface area (Å²) >= 11 is 1.37. The molecule has 0 bridgehead atoms. The summed E-state index contributed by atoms with van der Waals surface area (Å²) in [7, 11) is 1.56. The highest BCUT2D eigenvalue weighted by Crippen LogP contribution is 2.32. The number of hydrogen-bond acceptors (Lipinski definition) is 4. The molecule has 0 unspecified atom stereocenters. The van der Waals surface area contributed by atoms with E-state index in [9.17, 15) is 14.4 Å². The maximum absolute atomic E-state index is 12.4. The van der Waals surface area contributed by atoms with Crippen LogP contribution in [-0.2, 0) is 0 Å². The van der Waals surface area contributed by atoms with Crippen molar-refractivity contribution in [2.24, 2.45) is 0 Å². The minimum absolute atomic E-state index is 0.0524. The summed E-state index contributed by atoms with van der Waals surface area (Å²) in [6.45, 7) is 5.24. The van der Waals surface area contributed by atoms with Crippen LogP contribution >= 0.6 is 11.3 Å². The number of thiophene rings is 1. The SMILES string of the molecule is CNC(=O)c1c(NC(=O)c2ccc(C(C)=O)cc2)sc(C)c1C. The molecule has 6 heteroatoms. The molecule has 23 heavy (non-hydrogen) atoms. The van der Waals surface area contributed by atoms with E-state index in [4.69, 9.17) is 0 Å². The number of nitrogens with one attached hydrogen (secondary N) is 2. The fourth-order valence-electron chi connectivity index (χ4n) is 2.15. The predicted octanol–water partition coefficient (Wildman–Crippen LogP) is 3.18. The van der Waals surface area contributed by atoms with E-state index in [1.165, 1.54) is 18.3 Å². The lowest BCUT2D eigenvalue weighted by molar-refractivity contribution is 0.0962. The Morgan fingerprint density at radius 1 is 0.957 bits per heavy atom. The third kappa shape index (κ3) is 3.48. The highest BCUT2D eigenvalue weighted by molar-refractivity contribution is 7.16. The molecule has 0 atom stereocenters. The fraction of sp³-hybridized carbons (Fsp3) is 0.235. The van der Waals surface area contributed by atoms with Gasteiger partial charge in [0.05, 0.1) is 5.56 Å². The van der Waals surface area contributed by atoms with Gasteiger partial charge in [0.15, 0.2) is 5.78 Å². The van der Waals surface area contributed by atoms with Crippen LogP contribution in [0.5, 0.6) is 0 Å². The van der Waals surface area contributed by atoms with Gasteiger partial charge in [0.25, 0.3) is 11.8 Å². The predicted molar refractivity (Wildman–Crippen MR) is 91.6 cm³/mol. The van der Waals surface area contributed by atoms with Crippen LogP contribution in [0.4, 0.5) is 5.00 Å². The van der Waals surface area contributed by atoms with Crippen LogP contribution in [0.1, 0.15) is 48.4 Å². The molecule has 2 aromatic rings. The molecule has 2 rings (SSSR count). The average Bonchev–Trinajstić information content (AvgIpc) is 2.81. The lowest BCUT2D eigenvalue weighted by Crippen LogP contribution is -2.21. The van der Waals surface area contributed by atoms with Gasteiger partial charge in [0.1, 0.15) is 5.00 Å². The van der Waals surface area contributed by atoms with Gasteiger partial charge in [-0.1, -0.05) is 12.1 Å². The molecule has 5 nitrogen and oxygen atoms in total. The number of Topliss-reactive ketones (excluding diaryl/α,β-unsaturated/α-hetero) is 1. The van der Waals surface area contributed by atoms with Gasteiger partial charge in [-0.3, -0.25) is 14.4 Å². The first kappa shape index (κ1) is 16.9. The maximum Gasteiger partial charge on any atom is 0.256 e. The van der Waals surface area contributed by atoms with Gasteiger partial charge >= 0.3 is 0 Å². The molecule has 1 aromatic heterocycles. The van der Waals surface area contributed by atoms with Gasteiger partial charge in [-0.05, 0) is 38.5 Å². The van der Waals surface area contributed by atoms with Crippen molar-refractivity contribution in [2.75, 3.05) is 12.4 Å². The van der Waals surface area contributed by atoms with Gasteiger partial charge in [-0.25, -0.2) is 0 Å². The van der Waals surface area contributed by atoms with Crippen molar-refractivity contribution in [2.45, 2.75) is 20.8 Å². The summed E-state index contributed by atoms with van der Waals surface area (Å²) in [5, 5.41) is 5.90. The average molecular weight is 330 g/mol. The van der Waals surface area contributed by atoms with Crippen LogP contribution in [0, 0.1) is 13.8 Å². The number of rotatable bonds is 4. The standard InChI is InChI=1S/C17H18N2O3S/c1-9-11(3)23-17(14(9)16(22)18-4)19-15(21)13-7-5-12(6-8-13)10(2)20/h5-8H,1-4H3,(H,18,22)(H,19,21). The van der Waals surface area contributed by atoms with E-state index in [0.717, 1.165) is 10.4 Å². The van der Waals surface area contributed by atoms with Crippen molar-refractivity contribution >= 4 is 33.9 Å². The number of aryl methyl sites for hydroxylation is 1. The van der Waals surface area contributed by atoms with Crippen LogP contribution in [0.15, 0.2) is 24.3 Å². The molecule has 0 fully saturated rings. The number of ketones is 1. The van der Waals surface area contributed by atoms with Gasteiger partial charge in [-0.2, -0.15) is 0 Å². The Kier molecular flexibility index (Phi) is 4.95. The Balaban J connectivity index is 2.28. The summed E-state index contributed by atoms with van der Waals surface area (Å²) < 4.78 is 0. The summed E-state index contributed by atoms with van der Waals surface area (Å²) in [5.74, 6) is -0.594. The quantitative estimate of drug-likeness (QED) is 0.846. The topological polar surface area (TPSA) is 75.3 Å². The first-order chi connectivity index (χ1) is 10.8. The summed E-state index contributed by atoms with van der Waals surface area (Å²) in [5.41, 5.74) is 2.33. The van der Waals surface area contributed by atoms with Gasteiger partial charge in [0.2, 0.25) is 0 Å². The second kappa shape index (κ2) is 6.75. The normalized spacial score (nSPS) is 10.3. The van der Waals surface area contributed by atoms with Gasteiger partial charge < -0.3 is 10.6 Å². The zero-order chi connectivity index (χ0) is 17.1. The van der Waals surface area contributed by atoms with Crippen molar-refractivity contribution in [3.8, 4) is 0 Å². The van der Waals surface area contributed by atoms with Crippen LogP contribution in [0.3, 0.4) is 0 Å². The number of benzene rings is 1. The number of anilines is 1. The minimum atomic E-state index is -0.313. The Morgan fingerprint density at radius 3 is 2.04 bits per heavy atom. The molecule has 120 valence electrons. The zero-order valence-corrected chi connectivity index (χ0v) is 14.3. The smallest absolute Gasteiger partial charge is 0.256 e. The van der Waals surface area contributed by atoms with Crippen molar-refractivity contribution < 1.29 is 14.4 Å². The first-order valence-electron chi connectivity index (χ1n) is 7.09. The maximum atomic E-state index is 12.4. The molecule has 0 aliphatic carbocycles. The number of carbonyl (C=O) groups excluding carboxylic acids is 3. The van der Waals surface area contributed by atoms with Gasteiger partial charge in [0, 0.05) is 23.1 Å². The molecular formula is C17H18N2O3S. The lowest BCUT2D eigenvalue weighted by Gasteiger charge is -2.07. The second-order valence-corrected chi connectivity index (χ2v) is 6.38.